The number of rotatable bonds is 16. The van der Waals surface area contributed by atoms with Crippen LogP contribution in [0.4, 0.5) is 0 Å². The van der Waals surface area contributed by atoms with Gasteiger partial charge in [-0.15, -0.1) is 12.4 Å². The summed E-state index contributed by atoms with van der Waals surface area (Å²) in [5, 5.41) is 32.3. The van der Waals surface area contributed by atoms with Crippen LogP contribution in [0.5, 0.6) is 5.75 Å². The zero-order chi connectivity index (χ0) is 21.4. The first-order valence-corrected chi connectivity index (χ1v) is 11.1. The first-order valence-electron chi connectivity index (χ1n) is 11.1. The van der Waals surface area contributed by atoms with E-state index >= 15 is 0 Å². The Kier molecular flexibility index (Phi) is 15.0. The molecule has 2 rings (SSSR count). The lowest BCUT2D eigenvalue weighted by Gasteiger charge is -2.14. The largest absolute Gasteiger partial charge is 0.508 e. The molecule has 0 amide bonds. The Morgan fingerprint density at radius 1 is 0.871 bits per heavy atom. The van der Waals surface area contributed by atoms with Crippen molar-refractivity contribution in [2.24, 2.45) is 0 Å². The van der Waals surface area contributed by atoms with Crippen molar-refractivity contribution in [1.29, 1.82) is 0 Å². The van der Waals surface area contributed by atoms with Gasteiger partial charge in [0.1, 0.15) is 5.75 Å². The maximum absolute atomic E-state index is 10.2. The van der Waals surface area contributed by atoms with Crippen molar-refractivity contribution >= 4 is 12.4 Å². The van der Waals surface area contributed by atoms with E-state index in [1.54, 1.807) is 12.1 Å². The molecule has 6 heteroatoms. The summed E-state index contributed by atoms with van der Waals surface area (Å²) in [4.78, 5) is 0. The molecule has 0 aliphatic heterocycles. The highest BCUT2D eigenvalue weighted by Gasteiger charge is 2.09. The molecule has 4 N–H and O–H groups in total. The summed E-state index contributed by atoms with van der Waals surface area (Å²) >= 11 is 0. The van der Waals surface area contributed by atoms with Crippen LogP contribution in [0.1, 0.15) is 61.3 Å². The number of benzene rings is 2. The van der Waals surface area contributed by atoms with Crippen LogP contribution in [-0.4, -0.2) is 41.6 Å². The fourth-order valence-electron chi connectivity index (χ4n) is 3.38. The predicted molar refractivity (Wildman–Crippen MR) is 128 cm³/mol. The molecule has 2 aromatic rings. The number of hydrogen-bond donors (Lipinski definition) is 4. The molecule has 2 aromatic carbocycles. The molecule has 0 aliphatic rings. The zero-order valence-corrected chi connectivity index (χ0v) is 19.2. The van der Waals surface area contributed by atoms with Crippen molar-refractivity contribution < 1.29 is 20.1 Å². The Bertz CT molecular complexity index is 699. The molecule has 0 aromatic heterocycles. The molecule has 1 atom stereocenters. The number of unbranched alkanes of at least 4 members (excludes halogenated alkanes) is 4. The van der Waals surface area contributed by atoms with Gasteiger partial charge in [0.2, 0.25) is 0 Å². The summed E-state index contributed by atoms with van der Waals surface area (Å²) in [5.74, 6) is 0.0533. The lowest BCUT2D eigenvalue weighted by Crippen LogP contribution is -2.22. The van der Waals surface area contributed by atoms with Crippen LogP contribution in [0.2, 0.25) is 0 Å². The van der Waals surface area contributed by atoms with Gasteiger partial charge in [0.05, 0.1) is 12.7 Å². The number of aryl methyl sites for hydroxylation is 1. The van der Waals surface area contributed by atoms with Crippen LogP contribution < -0.4 is 5.32 Å². The molecule has 0 spiro atoms. The molecule has 0 unspecified atom stereocenters. The molecule has 0 fully saturated rings. The number of aliphatic hydroxyl groups excluding tert-OH is 2. The first-order chi connectivity index (χ1) is 14.7. The molecule has 0 saturated heterocycles. The third kappa shape index (κ3) is 11.5. The standard InChI is InChI=1S/C25H37NO4.ClH/c27-20-23-18-22(13-14-24(23)28)25(29)19-26-15-7-1-2-8-16-30-17-9-6-12-21-10-4-3-5-11-21;/h3-5,10-11,13-14,18,25-29H,1-2,6-9,12,15-17,19-20H2;1H/t25-;/m0./s1. The van der Waals surface area contributed by atoms with E-state index in [1.807, 2.05) is 0 Å². The Morgan fingerprint density at radius 3 is 2.32 bits per heavy atom. The third-order valence-corrected chi connectivity index (χ3v) is 5.24. The molecule has 0 bridgehead atoms. The van der Waals surface area contributed by atoms with Crippen molar-refractivity contribution in [3.63, 3.8) is 0 Å². The normalized spacial score (nSPS) is 11.8. The monoisotopic (exact) mass is 451 g/mol. The molecular weight excluding hydrogens is 414 g/mol. The SMILES string of the molecule is Cl.OCc1cc([C@@H](O)CNCCCCCCOCCCCc2ccccc2)ccc1O. The molecule has 0 heterocycles. The van der Waals surface area contributed by atoms with Gasteiger partial charge >= 0.3 is 0 Å². The van der Waals surface area contributed by atoms with Gasteiger partial charge in [0, 0.05) is 25.3 Å². The van der Waals surface area contributed by atoms with Crippen LogP contribution >= 0.6 is 12.4 Å². The first kappa shape index (κ1) is 27.4. The number of aromatic hydroxyl groups is 1. The molecular formula is C25H38ClNO4. The van der Waals surface area contributed by atoms with E-state index in [0.717, 1.165) is 58.3 Å². The van der Waals surface area contributed by atoms with E-state index in [4.69, 9.17) is 4.74 Å². The molecule has 0 radical (unpaired) electrons. The summed E-state index contributed by atoms with van der Waals surface area (Å²) in [6, 6.07) is 15.4. The van der Waals surface area contributed by atoms with Gasteiger partial charge in [-0.05, 0) is 61.9 Å². The zero-order valence-electron chi connectivity index (χ0n) is 18.3. The van der Waals surface area contributed by atoms with Crippen LogP contribution in [0.25, 0.3) is 0 Å². The highest BCUT2D eigenvalue weighted by Crippen LogP contribution is 2.22. The van der Waals surface area contributed by atoms with E-state index in [9.17, 15) is 15.3 Å². The highest BCUT2D eigenvalue weighted by atomic mass is 35.5. The second-order valence-corrected chi connectivity index (χ2v) is 7.74. The number of nitrogens with one attached hydrogen (secondary N) is 1. The van der Waals surface area contributed by atoms with Crippen LogP contribution in [-0.2, 0) is 17.8 Å². The van der Waals surface area contributed by atoms with E-state index in [-0.39, 0.29) is 24.8 Å². The van der Waals surface area contributed by atoms with Crippen molar-refractivity contribution in [2.45, 2.75) is 57.7 Å². The quantitative estimate of drug-likeness (QED) is 0.282. The Balaban J connectivity index is 0.00000480. The fraction of sp³-hybridized carbons (Fsp3) is 0.520. The Hall–Kier alpha value is -1.63. The van der Waals surface area contributed by atoms with Gasteiger partial charge in [-0.3, -0.25) is 0 Å². The molecule has 31 heavy (non-hydrogen) atoms. The summed E-state index contributed by atoms with van der Waals surface area (Å²) in [7, 11) is 0. The second kappa shape index (κ2) is 17.0. The van der Waals surface area contributed by atoms with E-state index in [2.05, 4.69) is 35.6 Å². The molecule has 5 nitrogen and oxygen atoms in total. The Morgan fingerprint density at radius 2 is 1.58 bits per heavy atom. The van der Waals surface area contributed by atoms with Crippen molar-refractivity contribution in [2.75, 3.05) is 26.3 Å². The van der Waals surface area contributed by atoms with Crippen LogP contribution in [0.15, 0.2) is 48.5 Å². The van der Waals surface area contributed by atoms with Crippen LogP contribution in [0.3, 0.4) is 0 Å². The van der Waals surface area contributed by atoms with E-state index < -0.39 is 6.10 Å². The minimum atomic E-state index is -0.647. The molecule has 0 saturated carbocycles. The minimum absolute atomic E-state index is 0. The summed E-state index contributed by atoms with van der Waals surface area (Å²) < 4.78 is 5.72. The number of ether oxygens (including phenoxy) is 1. The third-order valence-electron chi connectivity index (χ3n) is 5.24. The highest BCUT2D eigenvalue weighted by molar-refractivity contribution is 5.85. The van der Waals surface area contributed by atoms with E-state index in [1.165, 1.54) is 18.1 Å². The van der Waals surface area contributed by atoms with Gasteiger partial charge in [-0.2, -0.15) is 0 Å². The maximum atomic E-state index is 10.2. The second-order valence-electron chi connectivity index (χ2n) is 7.74. The number of aliphatic hydroxyl groups is 2. The lowest BCUT2D eigenvalue weighted by atomic mass is 10.1. The van der Waals surface area contributed by atoms with E-state index in [0.29, 0.717) is 17.7 Å². The average molecular weight is 452 g/mol. The van der Waals surface area contributed by atoms with Crippen LogP contribution in [0, 0.1) is 0 Å². The summed E-state index contributed by atoms with van der Waals surface area (Å²) in [6.07, 6.45) is 7.24. The number of phenols is 1. The van der Waals surface area contributed by atoms with Gasteiger partial charge in [0.25, 0.3) is 0 Å². The smallest absolute Gasteiger partial charge is 0.121 e. The Labute approximate surface area is 192 Å². The van der Waals surface area contributed by atoms with Crippen molar-refractivity contribution in [3.05, 3.63) is 65.2 Å². The maximum Gasteiger partial charge on any atom is 0.121 e. The lowest BCUT2D eigenvalue weighted by molar-refractivity contribution is 0.126. The number of hydrogen-bond acceptors (Lipinski definition) is 5. The van der Waals surface area contributed by atoms with Crippen molar-refractivity contribution in [1.82, 2.24) is 5.32 Å². The number of halogens is 1. The topological polar surface area (TPSA) is 82.0 Å². The summed E-state index contributed by atoms with van der Waals surface area (Å²) in [6.45, 7) is 2.77. The van der Waals surface area contributed by atoms with Gasteiger partial charge in [-0.25, -0.2) is 0 Å². The summed E-state index contributed by atoms with van der Waals surface area (Å²) in [5.41, 5.74) is 2.53. The van der Waals surface area contributed by atoms with Gasteiger partial charge < -0.3 is 25.4 Å². The minimum Gasteiger partial charge on any atom is -0.508 e. The van der Waals surface area contributed by atoms with Gasteiger partial charge in [0.15, 0.2) is 0 Å². The average Bonchev–Trinajstić information content (AvgIpc) is 2.77. The van der Waals surface area contributed by atoms with Crippen molar-refractivity contribution in [3.8, 4) is 5.75 Å². The molecule has 174 valence electrons. The van der Waals surface area contributed by atoms with Gasteiger partial charge in [-0.1, -0.05) is 49.2 Å². The predicted octanol–water partition coefficient (Wildman–Crippen LogP) is 4.53. The fourth-order valence-corrected chi connectivity index (χ4v) is 3.38. The molecule has 0 aliphatic carbocycles.